The monoisotopic (exact) mass is 326 g/mol. The SMILES string of the molecule is Nc1nc2ncc(CNC(=O)N(CCCl)N=O)nc2c(=O)[nH]1. The Morgan fingerprint density at radius 3 is 2.95 bits per heavy atom. The number of carbonyl (C=O) groups excluding carboxylic acids is 1. The van der Waals surface area contributed by atoms with Crippen LogP contribution in [0.1, 0.15) is 5.69 Å². The minimum atomic E-state index is -0.734. The predicted molar refractivity (Wildman–Crippen MR) is 77.8 cm³/mol. The van der Waals surface area contributed by atoms with E-state index in [-0.39, 0.29) is 36.1 Å². The zero-order chi connectivity index (χ0) is 16.1. The highest BCUT2D eigenvalue weighted by molar-refractivity contribution is 6.18. The molecule has 0 aliphatic rings. The number of hydrogen-bond donors (Lipinski definition) is 3. The first kappa shape index (κ1) is 15.6. The molecule has 0 radical (unpaired) electrons. The molecule has 2 aromatic rings. The number of aromatic nitrogens is 4. The average Bonchev–Trinajstić information content (AvgIpc) is 2.50. The second-order valence-corrected chi connectivity index (χ2v) is 4.42. The van der Waals surface area contributed by atoms with Crippen molar-refractivity contribution < 1.29 is 4.79 Å². The number of amides is 2. The number of hydrogen-bond acceptors (Lipinski definition) is 8. The first-order chi connectivity index (χ1) is 10.5. The topological polar surface area (TPSA) is 159 Å². The van der Waals surface area contributed by atoms with E-state index in [2.05, 4.69) is 30.5 Å². The van der Waals surface area contributed by atoms with Gasteiger partial charge in [-0.15, -0.1) is 16.5 Å². The second-order valence-electron chi connectivity index (χ2n) is 4.04. The molecule has 12 heteroatoms. The van der Waals surface area contributed by atoms with Crippen molar-refractivity contribution in [3.8, 4) is 0 Å². The highest BCUT2D eigenvalue weighted by Gasteiger charge is 2.13. The van der Waals surface area contributed by atoms with Crippen LogP contribution in [0.5, 0.6) is 0 Å². The number of urea groups is 1. The number of rotatable bonds is 5. The van der Waals surface area contributed by atoms with Gasteiger partial charge in [0, 0.05) is 5.88 Å². The minimum Gasteiger partial charge on any atom is -0.369 e. The number of H-pyrrole nitrogens is 1. The van der Waals surface area contributed by atoms with Gasteiger partial charge in [0.05, 0.1) is 30.3 Å². The highest BCUT2D eigenvalue weighted by Crippen LogP contribution is 2.03. The van der Waals surface area contributed by atoms with Crippen LogP contribution in [-0.4, -0.2) is 43.4 Å². The third kappa shape index (κ3) is 3.44. The van der Waals surface area contributed by atoms with Crippen molar-refractivity contribution in [3.05, 3.63) is 27.2 Å². The molecule has 22 heavy (non-hydrogen) atoms. The molecule has 4 N–H and O–H groups in total. The van der Waals surface area contributed by atoms with Gasteiger partial charge in [0.25, 0.3) is 5.56 Å². The van der Waals surface area contributed by atoms with Gasteiger partial charge in [-0.1, -0.05) is 0 Å². The summed E-state index contributed by atoms with van der Waals surface area (Å²) in [7, 11) is 0. The van der Waals surface area contributed by atoms with Crippen LogP contribution in [0.25, 0.3) is 11.2 Å². The maximum Gasteiger partial charge on any atom is 0.340 e. The first-order valence-electron chi connectivity index (χ1n) is 6.01. The molecule has 2 rings (SSSR count). The molecule has 0 aliphatic heterocycles. The van der Waals surface area contributed by atoms with Gasteiger partial charge in [0.15, 0.2) is 11.2 Å². The summed E-state index contributed by atoms with van der Waals surface area (Å²) in [5.41, 5.74) is 5.24. The molecule has 11 nitrogen and oxygen atoms in total. The average molecular weight is 327 g/mol. The molecular formula is C10H11ClN8O3. The Labute approximate surface area is 127 Å². The fourth-order valence-corrected chi connectivity index (χ4v) is 1.73. The van der Waals surface area contributed by atoms with E-state index in [9.17, 15) is 14.5 Å². The van der Waals surface area contributed by atoms with Gasteiger partial charge in [0.2, 0.25) is 5.95 Å². The van der Waals surface area contributed by atoms with Crippen LogP contribution in [0.4, 0.5) is 10.7 Å². The van der Waals surface area contributed by atoms with Gasteiger partial charge < -0.3 is 11.1 Å². The number of aromatic amines is 1. The van der Waals surface area contributed by atoms with E-state index in [4.69, 9.17) is 17.3 Å². The van der Waals surface area contributed by atoms with E-state index in [1.807, 2.05) is 0 Å². The lowest BCUT2D eigenvalue weighted by molar-refractivity contribution is 0.201. The summed E-state index contributed by atoms with van der Waals surface area (Å²) >= 11 is 5.43. The van der Waals surface area contributed by atoms with E-state index in [1.54, 1.807) is 0 Å². The van der Waals surface area contributed by atoms with E-state index in [1.165, 1.54) is 6.20 Å². The number of nitrogen functional groups attached to an aromatic ring is 1. The van der Waals surface area contributed by atoms with Crippen molar-refractivity contribution in [1.82, 2.24) is 30.3 Å². The molecule has 0 bridgehead atoms. The molecule has 0 aliphatic carbocycles. The molecule has 2 heterocycles. The maximum atomic E-state index is 11.7. The number of halogens is 1. The Morgan fingerprint density at radius 1 is 1.50 bits per heavy atom. The summed E-state index contributed by atoms with van der Waals surface area (Å²) in [6.45, 7) is -0.0803. The molecule has 0 fully saturated rings. The Bertz CT molecular complexity index is 763. The second kappa shape index (κ2) is 6.76. The lowest BCUT2D eigenvalue weighted by Crippen LogP contribution is -2.37. The Morgan fingerprint density at radius 2 is 2.27 bits per heavy atom. The zero-order valence-electron chi connectivity index (χ0n) is 11.1. The van der Waals surface area contributed by atoms with E-state index < -0.39 is 11.6 Å². The molecule has 0 spiro atoms. The molecule has 0 saturated carbocycles. The van der Waals surface area contributed by atoms with Crippen molar-refractivity contribution in [1.29, 1.82) is 0 Å². The Kier molecular flexibility index (Phi) is 4.78. The van der Waals surface area contributed by atoms with E-state index >= 15 is 0 Å². The van der Waals surface area contributed by atoms with Crippen LogP contribution in [0.15, 0.2) is 16.3 Å². The largest absolute Gasteiger partial charge is 0.369 e. The van der Waals surface area contributed by atoms with Gasteiger partial charge >= 0.3 is 6.03 Å². The standard InChI is InChI=1S/C10H11ClN8O3/c11-1-2-19(18-22)10(21)14-4-5-3-13-7-6(15-5)8(20)17-9(12)16-7/h3H,1-2,4H2,(H,14,21)(H3,12,13,16,17,20). The van der Waals surface area contributed by atoms with Gasteiger partial charge in [-0.25, -0.2) is 14.8 Å². The Hall–Kier alpha value is -2.82. The molecule has 0 unspecified atom stereocenters. The van der Waals surface area contributed by atoms with Crippen LogP contribution in [0.3, 0.4) is 0 Å². The number of nitrogens with zero attached hydrogens (tertiary/aromatic N) is 5. The fraction of sp³-hybridized carbons (Fsp3) is 0.300. The highest BCUT2D eigenvalue weighted by atomic mass is 35.5. The molecule has 116 valence electrons. The predicted octanol–water partition coefficient (Wildman–Crippen LogP) is -0.273. The number of nitroso groups, excluding NO2 is 1. The number of nitrogens with two attached hydrogens (primary N) is 1. The zero-order valence-corrected chi connectivity index (χ0v) is 11.9. The summed E-state index contributed by atoms with van der Waals surface area (Å²) in [5, 5.41) is 5.58. The number of anilines is 1. The molecular weight excluding hydrogens is 316 g/mol. The maximum absolute atomic E-state index is 11.7. The van der Waals surface area contributed by atoms with Crippen molar-refractivity contribution in [3.63, 3.8) is 0 Å². The van der Waals surface area contributed by atoms with Crippen LogP contribution >= 0.6 is 11.6 Å². The number of carbonyl (C=O) groups is 1. The number of nitrogens with one attached hydrogen (secondary N) is 2. The quantitative estimate of drug-likeness (QED) is 0.387. The first-order valence-corrected chi connectivity index (χ1v) is 6.54. The molecule has 2 aromatic heterocycles. The van der Waals surface area contributed by atoms with Crippen LogP contribution < -0.4 is 16.6 Å². The Balaban J connectivity index is 2.14. The number of alkyl halides is 1. The van der Waals surface area contributed by atoms with Crippen molar-refractivity contribution >= 4 is 34.7 Å². The summed E-state index contributed by atoms with van der Waals surface area (Å²) in [5.74, 6) is -0.00107. The third-order valence-electron chi connectivity index (χ3n) is 2.54. The van der Waals surface area contributed by atoms with Crippen molar-refractivity contribution in [2.45, 2.75) is 6.54 Å². The van der Waals surface area contributed by atoms with Gasteiger partial charge in [-0.2, -0.15) is 9.99 Å². The van der Waals surface area contributed by atoms with Crippen molar-refractivity contribution in [2.24, 2.45) is 5.29 Å². The summed E-state index contributed by atoms with van der Waals surface area (Å²) in [6, 6.07) is -0.734. The molecule has 0 aromatic carbocycles. The van der Waals surface area contributed by atoms with Crippen LogP contribution in [0, 0.1) is 4.91 Å². The van der Waals surface area contributed by atoms with E-state index in [0.29, 0.717) is 10.7 Å². The van der Waals surface area contributed by atoms with Gasteiger partial charge in [-0.3, -0.25) is 9.78 Å². The summed E-state index contributed by atoms with van der Waals surface area (Å²) in [6.07, 6.45) is 1.33. The van der Waals surface area contributed by atoms with Crippen molar-refractivity contribution in [2.75, 3.05) is 18.2 Å². The summed E-state index contributed by atoms with van der Waals surface area (Å²) < 4.78 is 0. The van der Waals surface area contributed by atoms with E-state index in [0.717, 1.165) is 0 Å². The third-order valence-corrected chi connectivity index (χ3v) is 2.71. The van der Waals surface area contributed by atoms with Crippen LogP contribution in [0.2, 0.25) is 0 Å². The lowest BCUT2D eigenvalue weighted by atomic mass is 10.4. The summed E-state index contributed by atoms with van der Waals surface area (Å²) in [4.78, 5) is 47.9. The molecule has 0 saturated heterocycles. The molecule has 0 atom stereocenters. The van der Waals surface area contributed by atoms with Gasteiger partial charge in [-0.05, 0) is 0 Å². The number of fused-ring (bicyclic) bond motifs is 1. The smallest absolute Gasteiger partial charge is 0.340 e. The normalized spacial score (nSPS) is 10.4. The lowest BCUT2D eigenvalue weighted by Gasteiger charge is -2.12. The minimum absolute atomic E-state index is 0.00734. The molecule has 2 amide bonds. The van der Waals surface area contributed by atoms with Crippen LogP contribution in [-0.2, 0) is 6.54 Å². The fourth-order valence-electron chi connectivity index (χ4n) is 1.57. The van der Waals surface area contributed by atoms with Gasteiger partial charge in [0.1, 0.15) is 0 Å².